The largest absolute Gasteiger partial charge is 0.497 e. The monoisotopic (exact) mass is 560 g/mol. The van der Waals surface area contributed by atoms with E-state index in [0.717, 1.165) is 76.2 Å². The van der Waals surface area contributed by atoms with Crippen molar-refractivity contribution in [1.29, 1.82) is 0 Å². The van der Waals surface area contributed by atoms with Crippen LogP contribution in [0.1, 0.15) is 64.5 Å². The Hall–Kier alpha value is -2.09. The fourth-order valence-corrected chi connectivity index (χ4v) is 6.71. The molecule has 0 saturated carbocycles. The number of methoxy groups -OCH3 is 2. The van der Waals surface area contributed by atoms with Crippen LogP contribution in [0.25, 0.3) is 0 Å². The van der Waals surface area contributed by atoms with Crippen LogP contribution in [-0.2, 0) is 22.7 Å². The molecule has 7 heteroatoms. The minimum absolute atomic E-state index is 0.294. The first-order valence-corrected chi connectivity index (χ1v) is 16.5. The molecule has 0 saturated heterocycles. The highest BCUT2D eigenvalue weighted by Gasteiger charge is 2.16. The molecule has 6 nitrogen and oxygen atoms in total. The Morgan fingerprint density at radius 3 is 1.31 bits per heavy atom. The minimum atomic E-state index is -3.00. The summed E-state index contributed by atoms with van der Waals surface area (Å²) in [5.41, 5.74) is 2.59. The number of rotatable bonds is 20. The van der Waals surface area contributed by atoms with Crippen molar-refractivity contribution in [2.45, 2.75) is 78.3 Å². The van der Waals surface area contributed by atoms with E-state index in [1.54, 1.807) is 14.2 Å². The molecule has 2 unspecified atom stereocenters. The molecule has 0 aliphatic carbocycles. The fraction of sp³-hybridized carbons (Fsp3) is 0.625. The van der Waals surface area contributed by atoms with Crippen LogP contribution in [0.5, 0.6) is 11.5 Å². The van der Waals surface area contributed by atoms with Crippen LogP contribution >= 0.6 is 0 Å². The Labute approximate surface area is 238 Å². The van der Waals surface area contributed by atoms with Crippen LogP contribution in [0, 0.1) is 0 Å². The SMILES string of the molecule is CCN(CCCCS(=O)(=O)CCCCN(CC)C(C)Cc1ccc(OC)cc1)C(C)Cc1ccc(OC)cc1. The van der Waals surface area contributed by atoms with Gasteiger partial charge in [0.2, 0.25) is 0 Å². The Balaban J connectivity index is 1.66. The third kappa shape index (κ3) is 12.3. The number of sulfone groups is 1. The molecule has 2 rings (SSSR count). The number of nitrogens with zero attached hydrogens (tertiary/aromatic N) is 2. The van der Waals surface area contributed by atoms with E-state index in [1.165, 1.54) is 11.1 Å². The molecule has 2 atom stereocenters. The van der Waals surface area contributed by atoms with E-state index < -0.39 is 9.84 Å². The highest BCUT2D eigenvalue weighted by atomic mass is 32.2. The van der Waals surface area contributed by atoms with E-state index in [9.17, 15) is 8.42 Å². The van der Waals surface area contributed by atoms with Crippen LogP contribution in [-0.4, -0.2) is 82.2 Å². The molecule has 0 N–H and O–H groups in total. The van der Waals surface area contributed by atoms with Crippen LogP contribution in [0.4, 0.5) is 0 Å². The zero-order valence-corrected chi connectivity index (χ0v) is 26.0. The lowest BCUT2D eigenvalue weighted by molar-refractivity contribution is 0.215. The molecule has 0 spiro atoms. The Morgan fingerprint density at radius 2 is 1.00 bits per heavy atom. The van der Waals surface area contributed by atoms with Gasteiger partial charge in [0.15, 0.2) is 0 Å². The summed E-state index contributed by atoms with van der Waals surface area (Å²) in [6.45, 7) is 12.7. The van der Waals surface area contributed by atoms with E-state index in [0.29, 0.717) is 23.6 Å². The third-order valence-electron chi connectivity index (χ3n) is 7.74. The van der Waals surface area contributed by atoms with E-state index >= 15 is 0 Å². The maximum absolute atomic E-state index is 12.7. The van der Waals surface area contributed by atoms with Crippen LogP contribution < -0.4 is 9.47 Å². The summed E-state index contributed by atoms with van der Waals surface area (Å²) in [5.74, 6) is 2.34. The van der Waals surface area contributed by atoms with Crippen molar-refractivity contribution in [3.63, 3.8) is 0 Å². The molecule has 2 aromatic carbocycles. The van der Waals surface area contributed by atoms with E-state index in [-0.39, 0.29) is 0 Å². The van der Waals surface area contributed by atoms with Crippen molar-refractivity contribution in [2.24, 2.45) is 0 Å². The van der Waals surface area contributed by atoms with Crippen LogP contribution in [0.3, 0.4) is 0 Å². The molecule has 0 aromatic heterocycles. The minimum Gasteiger partial charge on any atom is -0.497 e. The van der Waals surface area contributed by atoms with E-state index in [4.69, 9.17) is 9.47 Å². The van der Waals surface area contributed by atoms with Gasteiger partial charge in [-0.3, -0.25) is 0 Å². The summed E-state index contributed by atoms with van der Waals surface area (Å²) < 4.78 is 35.8. The highest BCUT2D eigenvalue weighted by molar-refractivity contribution is 7.91. The third-order valence-corrected chi connectivity index (χ3v) is 9.56. The van der Waals surface area contributed by atoms with Gasteiger partial charge in [0.1, 0.15) is 21.3 Å². The van der Waals surface area contributed by atoms with Crippen LogP contribution in [0.2, 0.25) is 0 Å². The quantitative estimate of drug-likeness (QED) is 0.188. The lowest BCUT2D eigenvalue weighted by Gasteiger charge is -2.28. The Morgan fingerprint density at radius 1 is 0.641 bits per heavy atom. The van der Waals surface area contributed by atoms with Gasteiger partial charge in [-0.1, -0.05) is 38.1 Å². The summed E-state index contributed by atoms with van der Waals surface area (Å²) in [7, 11) is 0.366. The number of hydrogen-bond acceptors (Lipinski definition) is 6. The Bertz CT molecular complexity index is 948. The molecule has 0 aliphatic heterocycles. The first kappa shape index (κ1) is 33.1. The molecule has 0 heterocycles. The normalized spacial score (nSPS) is 13.5. The maximum atomic E-state index is 12.7. The van der Waals surface area contributed by atoms with Crippen molar-refractivity contribution >= 4 is 9.84 Å². The molecule has 39 heavy (non-hydrogen) atoms. The standard InChI is InChI=1S/C32H52N2O4S/c1-7-33(27(3)25-29-13-17-31(37-5)18-14-29)21-9-11-23-39(35,36)24-12-10-22-34(8-2)28(4)26-30-15-19-32(38-6)20-16-30/h13-20,27-28H,7-12,21-26H2,1-6H3. The predicted octanol–water partition coefficient (Wildman–Crippen LogP) is 5.89. The lowest BCUT2D eigenvalue weighted by atomic mass is 10.1. The molecular weight excluding hydrogens is 508 g/mol. The van der Waals surface area contributed by atoms with Crippen molar-refractivity contribution in [3.05, 3.63) is 59.7 Å². The van der Waals surface area contributed by atoms with Crippen molar-refractivity contribution in [1.82, 2.24) is 9.80 Å². The van der Waals surface area contributed by atoms with Crippen molar-refractivity contribution < 1.29 is 17.9 Å². The molecule has 0 fully saturated rings. The number of benzene rings is 2. The molecule has 0 amide bonds. The lowest BCUT2D eigenvalue weighted by Crippen LogP contribution is -2.35. The predicted molar refractivity (Wildman–Crippen MR) is 164 cm³/mol. The summed E-state index contributed by atoms with van der Waals surface area (Å²) >= 11 is 0. The summed E-state index contributed by atoms with van der Waals surface area (Å²) in [4.78, 5) is 4.90. The second-order valence-corrected chi connectivity index (χ2v) is 12.9. The highest BCUT2D eigenvalue weighted by Crippen LogP contribution is 2.17. The van der Waals surface area contributed by atoms with Crippen molar-refractivity contribution in [3.8, 4) is 11.5 Å². The first-order chi connectivity index (χ1) is 18.7. The van der Waals surface area contributed by atoms with Gasteiger partial charge >= 0.3 is 0 Å². The van der Waals surface area contributed by atoms with Gasteiger partial charge in [-0.15, -0.1) is 0 Å². The van der Waals surface area contributed by atoms with Gasteiger partial charge in [0.05, 0.1) is 25.7 Å². The molecule has 0 aliphatic rings. The Kier molecular flexibility index (Phi) is 14.9. The first-order valence-electron chi connectivity index (χ1n) is 14.7. The summed E-state index contributed by atoms with van der Waals surface area (Å²) in [6, 6.07) is 17.3. The summed E-state index contributed by atoms with van der Waals surface area (Å²) in [5, 5.41) is 0. The number of unbranched alkanes of at least 4 members (excludes halogenated alkanes) is 2. The van der Waals surface area contributed by atoms with Gasteiger partial charge in [0, 0.05) is 12.1 Å². The number of likely N-dealkylation sites (N-methyl/N-ethyl adjacent to an activating group) is 2. The van der Waals surface area contributed by atoms with E-state index in [2.05, 4.69) is 61.8 Å². The van der Waals surface area contributed by atoms with Crippen molar-refractivity contribution in [2.75, 3.05) is 51.9 Å². The zero-order valence-electron chi connectivity index (χ0n) is 25.2. The van der Waals surface area contributed by atoms with Gasteiger partial charge < -0.3 is 19.3 Å². The average Bonchev–Trinajstić information content (AvgIpc) is 2.93. The average molecular weight is 561 g/mol. The van der Waals surface area contributed by atoms with Gasteiger partial charge in [-0.05, 0) is 114 Å². The number of ether oxygens (including phenoxy) is 2. The zero-order chi connectivity index (χ0) is 28.7. The number of hydrogen-bond donors (Lipinski definition) is 0. The van der Waals surface area contributed by atoms with Gasteiger partial charge in [0.25, 0.3) is 0 Å². The maximum Gasteiger partial charge on any atom is 0.150 e. The second-order valence-electron chi connectivity index (χ2n) is 10.6. The fourth-order valence-electron chi connectivity index (χ4n) is 5.22. The van der Waals surface area contributed by atoms with Crippen LogP contribution in [0.15, 0.2) is 48.5 Å². The topological polar surface area (TPSA) is 59.1 Å². The molecule has 220 valence electrons. The molecular formula is C32H52N2O4S. The molecule has 0 bridgehead atoms. The summed E-state index contributed by atoms with van der Waals surface area (Å²) in [6.07, 6.45) is 5.23. The van der Waals surface area contributed by atoms with Gasteiger partial charge in [-0.2, -0.15) is 0 Å². The molecule has 2 aromatic rings. The van der Waals surface area contributed by atoms with Gasteiger partial charge in [-0.25, -0.2) is 8.42 Å². The van der Waals surface area contributed by atoms with E-state index in [1.807, 2.05) is 24.3 Å². The molecule has 0 radical (unpaired) electrons. The second kappa shape index (κ2) is 17.6. The smallest absolute Gasteiger partial charge is 0.150 e.